The molecule has 2 heterocycles. The van der Waals surface area contributed by atoms with E-state index in [1.807, 2.05) is 19.9 Å². The van der Waals surface area contributed by atoms with Crippen LogP contribution in [0.25, 0.3) is 0 Å². The quantitative estimate of drug-likeness (QED) is 0.838. The molecule has 1 saturated heterocycles. The molecule has 0 atom stereocenters. The largest absolute Gasteiger partial charge is 0.335 e. The molecule has 6 nitrogen and oxygen atoms in total. The molecule has 132 valence electrons. The molecule has 1 aromatic heterocycles. The van der Waals surface area contributed by atoms with Crippen LogP contribution in [0.3, 0.4) is 0 Å². The van der Waals surface area contributed by atoms with Crippen molar-refractivity contribution < 1.29 is 13.2 Å². The number of hydrogen-bond donors (Lipinski definition) is 0. The zero-order valence-corrected chi connectivity index (χ0v) is 15.2. The van der Waals surface area contributed by atoms with Gasteiger partial charge in [0.25, 0.3) is 5.91 Å². The Balaban J connectivity index is 1.69. The normalized spacial score (nSPS) is 16.0. The molecular weight excluding hydrogens is 338 g/mol. The monoisotopic (exact) mass is 359 g/mol. The molecule has 1 fully saturated rings. The Morgan fingerprint density at radius 2 is 1.60 bits per heavy atom. The molecule has 0 N–H and O–H groups in total. The van der Waals surface area contributed by atoms with Crippen molar-refractivity contribution in [2.24, 2.45) is 0 Å². The lowest BCUT2D eigenvalue weighted by Crippen LogP contribution is -2.50. The smallest absolute Gasteiger partial charge is 0.272 e. The lowest BCUT2D eigenvalue weighted by atomic mass is 10.2. The van der Waals surface area contributed by atoms with Gasteiger partial charge >= 0.3 is 0 Å². The van der Waals surface area contributed by atoms with Crippen LogP contribution >= 0.6 is 0 Å². The number of benzene rings is 1. The van der Waals surface area contributed by atoms with Crippen LogP contribution in [-0.4, -0.2) is 54.7 Å². The van der Waals surface area contributed by atoms with E-state index in [4.69, 9.17) is 0 Å². The Morgan fingerprint density at radius 3 is 2.20 bits per heavy atom. The second kappa shape index (κ2) is 6.93. The van der Waals surface area contributed by atoms with E-state index in [1.54, 1.807) is 41.3 Å². The molecule has 1 aliphatic rings. The summed E-state index contributed by atoms with van der Waals surface area (Å²) < 4.78 is 26.8. The van der Waals surface area contributed by atoms with Crippen molar-refractivity contribution in [2.45, 2.75) is 18.7 Å². The van der Waals surface area contributed by atoms with Gasteiger partial charge in [-0.25, -0.2) is 13.4 Å². The van der Waals surface area contributed by atoms with Gasteiger partial charge in [0.1, 0.15) is 5.69 Å². The predicted molar refractivity (Wildman–Crippen MR) is 94.8 cm³/mol. The SMILES string of the molecule is Cc1ccc(S(=O)(=O)N2CCN(C(=O)c3cccc(C)n3)CC2)cc1. The summed E-state index contributed by atoms with van der Waals surface area (Å²) in [6.45, 7) is 5.05. The summed E-state index contributed by atoms with van der Waals surface area (Å²) in [7, 11) is -3.52. The van der Waals surface area contributed by atoms with E-state index < -0.39 is 10.0 Å². The molecule has 3 rings (SSSR count). The Bertz CT molecular complexity index is 871. The zero-order valence-electron chi connectivity index (χ0n) is 14.3. The molecule has 0 spiro atoms. The maximum Gasteiger partial charge on any atom is 0.272 e. The Morgan fingerprint density at radius 1 is 0.960 bits per heavy atom. The van der Waals surface area contributed by atoms with E-state index in [0.717, 1.165) is 11.3 Å². The van der Waals surface area contributed by atoms with E-state index in [1.165, 1.54) is 4.31 Å². The first kappa shape index (κ1) is 17.6. The van der Waals surface area contributed by atoms with Crippen LogP contribution in [0.2, 0.25) is 0 Å². The lowest BCUT2D eigenvalue weighted by molar-refractivity contribution is 0.0691. The minimum absolute atomic E-state index is 0.156. The van der Waals surface area contributed by atoms with Crippen molar-refractivity contribution in [1.29, 1.82) is 0 Å². The van der Waals surface area contributed by atoms with Gasteiger partial charge < -0.3 is 4.90 Å². The molecule has 25 heavy (non-hydrogen) atoms. The van der Waals surface area contributed by atoms with Gasteiger partial charge in [0.2, 0.25) is 10.0 Å². The average molecular weight is 359 g/mol. The highest BCUT2D eigenvalue weighted by Crippen LogP contribution is 2.18. The van der Waals surface area contributed by atoms with Crippen molar-refractivity contribution in [3.8, 4) is 0 Å². The topological polar surface area (TPSA) is 70.6 Å². The molecule has 7 heteroatoms. The summed E-state index contributed by atoms with van der Waals surface area (Å²) in [4.78, 5) is 18.7. The van der Waals surface area contributed by atoms with E-state index in [9.17, 15) is 13.2 Å². The van der Waals surface area contributed by atoms with Gasteiger partial charge in [-0.15, -0.1) is 0 Å². The first-order valence-electron chi connectivity index (χ1n) is 8.18. The highest BCUT2D eigenvalue weighted by Gasteiger charge is 2.30. The summed E-state index contributed by atoms with van der Waals surface area (Å²) in [5, 5.41) is 0. The lowest BCUT2D eigenvalue weighted by Gasteiger charge is -2.33. The van der Waals surface area contributed by atoms with E-state index in [0.29, 0.717) is 23.7 Å². The van der Waals surface area contributed by atoms with Gasteiger partial charge in [-0.3, -0.25) is 4.79 Å². The molecule has 1 aromatic carbocycles. The van der Waals surface area contributed by atoms with Crippen LogP contribution in [0.1, 0.15) is 21.7 Å². The number of carbonyl (C=O) groups is 1. The van der Waals surface area contributed by atoms with Gasteiger partial charge in [-0.1, -0.05) is 23.8 Å². The van der Waals surface area contributed by atoms with Crippen molar-refractivity contribution in [3.05, 3.63) is 59.4 Å². The fraction of sp³-hybridized carbons (Fsp3) is 0.333. The number of carbonyl (C=O) groups excluding carboxylic acids is 1. The Kier molecular flexibility index (Phi) is 4.87. The maximum absolute atomic E-state index is 12.7. The third-order valence-corrected chi connectivity index (χ3v) is 6.20. The highest BCUT2D eigenvalue weighted by atomic mass is 32.2. The van der Waals surface area contributed by atoms with Gasteiger partial charge in [0.05, 0.1) is 4.90 Å². The highest BCUT2D eigenvalue weighted by molar-refractivity contribution is 7.89. The molecule has 0 unspecified atom stereocenters. The number of hydrogen-bond acceptors (Lipinski definition) is 4. The zero-order chi connectivity index (χ0) is 18.0. The van der Waals surface area contributed by atoms with E-state index in [-0.39, 0.29) is 19.0 Å². The molecular formula is C18H21N3O3S. The number of rotatable bonds is 3. The number of amides is 1. The van der Waals surface area contributed by atoms with E-state index in [2.05, 4.69) is 4.98 Å². The number of piperazine rings is 1. The van der Waals surface area contributed by atoms with Crippen LogP contribution < -0.4 is 0 Å². The first-order chi connectivity index (χ1) is 11.9. The number of aromatic nitrogens is 1. The second-order valence-electron chi connectivity index (χ2n) is 6.17. The van der Waals surface area contributed by atoms with Crippen LogP contribution in [0, 0.1) is 13.8 Å². The fourth-order valence-corrected chi connectivity index (χ4v) is 4.24. The average Bonchev–Trinajstić information content (AvgIpc) is 2.61. The van der Waals surface area contributed by atoms with Crippen LogP contribution in [0.15, 0.2) is 47.4 Å². The Labute approximate surface area is 148 Å². The van der Waals surface area contributed by atoms with Crippen LogP contribution in [0.5, 0.6) is 0 Å². The van der Waals surface area contributed by atoms with Gasteiger partial charge in [-0.2, -0.15) is 4.31 Å². The van der Waals surface area contributed by atoms with Crippen LogP contribution in [0.4, 0.5) is 0 Å². The minimum Gasteiger partial charge on any atom is -0.335 e. The maximum atomic E-state index is 12.7. The fourth-order valence-electron chi connectivity index (χ4n) is 2.82. The molecule has 0 bridgehead atoms. The molecule has 2 aromatic rings. The van der Waals surface area contributed by atoms with Crippen molar-refractivity contribution in [2.75, 3.05) is 26.2 Å². The third kappa shape index (κ3) is 3.72. The number of sulfonamides is 1. The molecule has 0 aliphatic carbocycles. The summed E-state index contributed by atoms with van der Waals surface area (Å²) >= 11 is 0. The van der Waals surface area contributed by atoms with Gasteiger partial charge in [0, 0.05) is 31.9 Å². The van der Waals surface area contributed by atoms with Crippen molar-refractivity contribution in [3.63, 3.8) is 0 Å². The summed E-state index contributed by atoms with van der Waals surface area (Å²) in [6.07, 6.45) is 0. The molecule has 0 radical (unpaired) electrons. The van der Waals surface area contributed by atoms with Crippen LogP contribution in [-0.2, 0) is 10.0 Å². The summed E-state index contributed by atoms with van der Waals surface area (Å²) in [5.41, 5.74) is 2.20. The van der Waals surface area contributed by atoms with Crippen molar-refractivity contribution >= 4 is 15.9 Å². The molecule has 0 saturated carbocycles. The summed E-state index contributed by atoms with van der Waals surface area (Å²) in [6, 6.07) is 12.1. The first-order valence-corrected chi connectivity index (χ1v) is 9.62. The molecule has 1 amide bonds. The van der Waals surface area contributed by atoms with Gasteiger partial charge in [-0.05, 0) is 38.1 Å². The number of nitrogens with zero attached hydrogens (tertiary/aromatic N) is 3. The molecule has 1 aliphatic heterocycles. The Hall–Kier alpha value is -2.25. The predicted octanol–water partition coefficient (Wildman–Crippen LogP) is 1.85. The van der Waals surface area contributed by atoms with E-state index >= 15 is 0 Å². The second-order valence-corrected chi connectivity index (χ2v) is 8.11. The standard InChI is InChI=1S/C18H21N3O3S/c1-14-6-8-16(9-7-14)25(23,24)21-12-10-20(11-13-21)18(22)17-5-3-4-15(2)19-17/h3-9H,10-13H2,1-2H3. The number of aryl methyl sites for hydroxylation is 2. The summed E-state index contributed by atoms with van der Waals surface area (Å²) in [5.74, 6) is -0.156. The van der Waals surface area contributed by atoms with Gasteiger partial charge in [0.15, 0.2) is 0 Å². The number of pyridine rings is 1. The third-order valence-electron chi connectivity index (χ3n) is 4.29. The van der Waals surface area contributed by atoms with Crippen molar-refractivity contribution in [1.82, 2.24) is 14.2 Å². The minimum atomic E-state index is -3.52.